The average Bonchev–Trinajstić information content (AvgIpc) is 3.28. The number of rotatable bonds is 11. The van der Waals surface area contributed by atoms with E-state index in [0.29, 0.717) is 50.4 Å². The Balaban J connectivity index is 1.22. The van der Waals surface area contributed by atoms with Crippen molar-refractivity contribution in [3.05, 3.63) is 69.3 Å². The van der Waals surface area contributed by atoms with Crippen LogP contribution in [0.3, 0.4) is 0 Å². The van der Waals surface area contributed by atoms with Gasteiger partial charge in [-0.05, 0) is 68.5 Å². The zero-order valence-electron chi connectivity index (χ0n) is 20.4. The van der Waals surface area contributed by atoms with Crippen LogP contribution in [0.25, 0.3) is 21.6 Å². The maximum absolute atomic E-state index is 12.9. The number of aryl methyl sites for hydroxylation is 2. The molecule has 0 saturated carbocycles. The largest absolute Gasteiger partial charge is 0.491 e. The molecule has 36 heavy (non-hydrogen) atoms. The first-order valence-electron chi connectivity index (χ1n) is 12.4. The van der Waals surface area contributed by atoms with Crippen LogP contribution in [0.2, 0.25) is 0 Å². The third kappa shape index (κ3) is 5.55. The summed E-state index contributed by atoms with van der Waals surface area (Å²) in [6.07, 6.45) is 4.31. The van der Waals surface area contributed by atoms with Crippen LogP contribution < -0.4 is 19.8 Å². The lowest BCUT2D eigenvalue weighted by molar-refractivity contribution is 0.0755. The first-order valence-corrected chi connectivity index (χ1v) is 13.2. The molecule has 2 heterocycles. The Morgan fingerprint density at radius 1 is 0.917 bits per heavy atom. The van der Waals surface area contributed by atoms with Crippen molar-refractivity contribution >= 4 is 21.6 Å². The van der Waals surface area contributed by atoms with E-state index in [1.807, 2.05) is 55.5 Å². The fourth-order valence-corrected chi connectivity index (χ4v) is 5.65. The van der Waals surface area contributed by atoms with Gasteiger partial charge in [0.2, 0.25) is 0 Å². The Morgan fingerprint density at radius 2 is 1.72 bits per heavy atom. The molecular weight excluding hydrogens is 476 g/mol. The highest BCUT2D eigenvalue weighted by atomic mass is 32.1. The van der Waals surface area contributed by atoms with E-state index in [1.165, 1.54) is 16.9 Å². The molecule has 1 N–H and O–H groups in total. The van der Waals surface area contributed by atoms with Gasteiger partial charge in [-0.2, -0.15) is 0 Å². The molecule has 2 aromatic heterocycles. The number of fused-ring (bicyclic) bond motifs is 3. The fraction of sp³-hybridized carbons (Fsp3) is 0.357. The van der Waals surface area contributed by atoms with E-state index in [-0.39, 0.29) is 5.56 Å². The lowest BCUT2D eigenvalue weighted by atomic mass is 9.97. The van der Waals surface area contributed by atoms with E-state index in [2.05, 4.69) is 4.98 Å². The number of H-pyrrole nitrogens is 1. The summed E-state index contributed by atoms with van der Waals surface area (Å²) in [5, 5.41) is 0.762. The van der Waals surface area contributed by atoms with E-state index in [9.17, 15) is 4.79 Å². The number of para-hydroxylation sites is 1. The average molecular weight is 507 g/mol. The van der Waals surface area contributed by atoms with Gasteiger partial charge in [-0.3, -0.25) is 4.79 Å². The van der Waals surface area contributed by atoms with Crippen molar-refractivity contribution in [2.45, 2.75) is 32.6 Å². The first-order chi connectivity index (χ1) is 17.7. The summed E-state index contributed by atoms with van der Waals surface area (Å²) in [6, 6.07) is 15.3. The molecule has 0 aliphatic heterocycles. The van der Waals surface area contributed by atoms with Crippen LogP contribution in [0.4, 0.5) is 0 Å². The molecule has 1 aliphatic carbocycles. The molecule has 0 amide bonds. The predicted molar refractivity (Wildman–Crippen MR) is 142 cm³/mol. The van der Waals surface area contributed by atoms with Gasteiger partial charge in [0.15, 0.2) is 11.5 Å². The van der Waals surface area contributed by atoms with Crippen molar-refractivity contribution < 1.29 is 18.9 Å². The minimum Gasteiger partial charge on any atom is -0.491 e. The lowest BCUT2D eigenvalue weighted by Crippen LogP contribution is -2.12. The molecule has 0 spiro atoms. The summed E-state index contributed by atoms with van der Waals surface area (Å²) in [7, 11) is 0. The summed E-state index contributed by atoms with van der Waals surface area (Å²) in [6.45, 7) is 4.18. The summed E-state index contributed by atoms with van der Waals surface area (Å²) in [4.78, 5) is 22.9. The molecule has 0 atom stereocenters. The summed E-state index contributed by atoms with van der Waals surface area (Å²) < 4.78 is 23.0. The highest BCUT2D eigenvalue weighted by molar-refractivity contribution is 7.18. The quantitative estimate of drug-likeness (QED) is 0.274. The topological polar surface area (TPSA) is 82.7 Å². The van der Waals surface area contributed by atoms with E-state index in [0.717, 1.165) is 40.8 Å². The van der Waals surface area contributed by atoms with Crippen molar-refractivity contribution in [1.29, 1.82) is 0 Å². The Kier molecular flexibility index (Phi) is 7.83. The molecule has 0 radical (unpaired) electrons. The number of aromatic amines is 1. The van der Waals surface area contributed by atoms with Gasteiger partial charge in [-0.1, -0.05) is 18.2 Å². The Labute approximate surface area is 214 Å². The normalized spacial score (nSPS) is 12.9. The molecule has 188 valence electrons. The fourth-order valence-electron chi connectivity index (χ4n) is 4.39. The number of aromatic nitrogens is 2. The number of hydrogen-bond acceptors (Lipinski definition) is 7. The van der Waals surface area contributed by atoms with Gasteiger partial charge in [0.25, 0.3) is 5.56 Å². The molecule has 2 aromatic carbocycles. The van der Waals surface area contributed by atoms with Crippen LogP contribution >= 0.6 is 11.3 Å². The highest BCUT2D eigenvalue weighted by Gasteiger charge is 2.20. The number of nitrogens with one attached hydrogen (secondary N) is 1. The van der Waals surface area contributed by atoms with Crippen LogP contribution in [0, 0.1) is 0 Å². The van der Waals surface area contributed by atoms with Gasteiger partial charge in [0.05, 0.1) is 25.2 Å². The SMILES string of the molecule is CCOc1cc(-c2nc3sc4c(c3c(=O)[nH]2)CCCC4)ccc1OCCOCCOc1ccccc1. The van der Waals surface area contributed by atoms with E-state index >= 15 is 0 Å². The van der Waals surface area contributed by atoms with Gasteiger partial charge >= 0.3 is 0 Å². The standard InChI is InChI=1S/C28H30N2O5S/c1-2-33-23-18-19(26-29-27(31)25-21-10-6-7-11-24(21)36-28(25)30-26)12-13-22(23)35-17-15-32-14-16-34-20-8-4-3-5-9-20/h3-5,8-9,12-13,18H,2,6-7,10-11,14-17H2,1H3,(H,29,30,31). The van der Waals surface area contributed by atoms with Gasteiger partial charge in [-0.15, -0.1) is 11.3 Å². The minimum absolute atomic E-state index is 0.0684. The minimum atomic E-state index is -0.0684. The second-order valence-corrected chi connectivity index (χ2v) is 9.61. The highest BCUT2D eigenvalue weighted by Crippen LogP contribution is 2.36. The number of benzene rings is 2. The molecule has 0 fully saturated rings. The molecule has 0 unspecified atom stereocenters. The van der Waals surface area contributed by atoms with Crippen LogP contribution in [0.15, 0.2) is 53.3 Å². The Bertz CT molecular complexity index is 1370. The Hall–Kier alpha value is -3.36. The van der Waals surface area contributed by atoms with Gasteiger partial charge in [0, 0.05) is 10.4 Å². The van der Waals surface area contributed by atoms with Crippen LogP contribution in [0.1, 0.15) is 30.2 Å². The Morgan fingerprint density at radius 3 is 2.56 bits per heavy atom. The second-order valence-electron chi connectivity index (χ2n) is 8.52. The molecule has 1 aliphatic rings. The summed E-state index contributed by atoms with van der Waals surface area (Å²) in [5.74, 6) is 2.60. The maximum Gasteiger partial charge on any atom is 0.260 e. The zero-order valence-corrected chi connectivity index (χ0v) is 21.2. The third-order valence-corrected chi connectivity index (χ3v) is 7.25. The van der Waals surface area contributed by atoms with Gasteiger partial charge in [-0.25, -0.2) is 4.98 Å². The zero-order chi connectivity index (χ0) is 24.7. The summed E-state index contributed by atoms with van der Waals surface area (Å²) in [5.41, 5.74) is 1.90. The molecule has 8 heteroatoms. The van der Waals surface area contributed by atoms with Gasteiger partial charge in [0.1, 0.15) is 29.6 Å². The molecular formula is C28H30N2O5S. The van der Waals surface area contributed by atoms with E-state index in [4.69, 9.17) is 23.9 Å². The molecule has 4 aromatic rings. The smallest absolute Gasteiger partial charge is 0.260 e. The van der Waals surface area contributed by atoms with Crippen LogP contribution in [-0.4, -0.2) is 43.0 Å². The van der Waals surface area contributed by atoms with Crippen molar-refractivity contribution in [3.63, 3.8) is 0 Å². The van der Waals surface area contributed by atoms with Gasteiger partial charge < -0.3 is 23.9 Å². The molecule has 5 rings (SSSR count). The predicted octanol–water partition coefficient (Wildman–Crippen LogP) is 5.40. The molecule has 0 bridgehead atoms. The number of hydrogen-bond donors (Lipinski definition) is 1. The number of thiophene rings is 1. The first kappa shape index (κ1) is 24.3. The lowest BCUT2D eigenvalue weighted by Gasteiger charge is -2.14. The van der Waals surface area contributed by atoms with Crippen LogP contribution in [-0.2, 0) is 17.6 Å². The number of ether oxygens (including phenoxy) is 4. The molecule has 0 saturated heterocycles. The second kappa shape index (κ2) is 11.6. The van der Waals surface area contributed by atoms with Crippen molar-refractivity contribution in [1.82, 2.24) is 9.97 Å². The van der Waals surface area contributed by atoms with Crippen molar-refractivity contribution in [2.75, 3.05) is 33.0 Å². The van der Waals surface area contributed by atoms with E-state index < -0.39 is 0 Å². The molecule has 7 nitrogen and oxygen atoms in total. The van der Waals surface area contributed by atoms with Crippen molar-refractivity contribution in [3.8, 4) is 28.6 Å². The van der Waals surface area contributed by atoms with E-state index in [1.54, 1.807) is 11.3 Å². The van der Waals surface area contributed by atoms with Crippen molar-refractivity contribution in [2.24, 2.45) is 0 Å². The monoisotopic (exact) mass is 506 g/mol. The third-order valence-electron chi connectivity index (χ3n) is 6.07. The number of nitrogens with zero attached hydrogens (tertiary/aromatic N) is 1. The van der Waals surface area contributed by atoms with Crippen LogP contribution in [0.5, 0.6) is 17.2 Å². The summed E-state index contributed by atoms with van der Waals surface area (Å²) >= 11 is 1.65. The maximum atomic E-state index is 12.9.